The zero-order valence-corrected chi connectivity index (χ0v) is 23.2. The molecule has 0 fully saturated rings. The molecular formula is C36H34O4. The average Bonchev–Trinajstić information content (AvgIpc) is 3.00. The van der Waals surface area contributed by atoms with Gasteiger partial charge in [0, 0.05) is 47.6 Å². The van der Waals surface area contributed by atoms with Gasteiger partial charge < -0.3 is 18.9 Å². The van der Waals surface area contributed by atoms with Crippen LogP contribution in [0.25, 0.3) is 0 Å². The van der Waals surface area contributed by atoms with Crippen LogP contribution in [0, 0.1) is 48.4 Å². The molecule has 40 heavy (non-hydrogen) atoms. The van der Waals surface area contributed by atoms with Gasteiger partial charge >= 0.3 is 0 Å². The predicted molar refractivity (Wildman–Crippen MR) is 160 cm³/mol. The summed E-state index contributed by atoms with van der Waals surface area (Å²) >= 11 is 0. The molecule has 4 nitrogen and oxygen atoms in total. The zero-order chi connectivity index (χ0) is 28.4. The number of hydrogen-bond donors (Lipinski definition) is 0. The Bertz CT molecular complexity index is 1320. The van der Waals surface area contributed by atoms with Crippen LogP contribution in [-0.4, -0.2) is 53.9 Å². The van der Waals surface area contributed by atoms with Crippen LogP contribution < -0.4 is 0 Å². The Labute approximate surface area is 239 Å². The Hall–Kier alpha value is -4.26. The summed E-state index contributed by atoms with van der Waals surface area (Å²) in [5, 5.41) is 0. The monoisotopic (exact) mass is 530 g/mol. The molecule has 0 radical (unpaired) electrons. The molecule has 202 valence electrons. The molecule has 0 spiro atoms. The largest absolute Gasteiger partial charge is 0.382 e. The van der Waals surface area contributed by atoms with E-state index in [4.69, 9.17) is 31.8 Å². The number of benzene rings is 3. The fourth-order valence-electron chi connectivity index (χ4n) is 3.77. The molecule has 4 heteroatoms. The van der Waals surface area contributed by atoms with E-state index in [0.29, 0.717) is 52.5 Å². The lowest BCUT2D eigenvalue weighted by atomic mass is 9.95. The zero-order valence-electron chi connectivity index (χ0n) is 23.2. The van der Waals surface area contributed by atoms with Crippen LogP contribution in [0.2, 0.25) is 0 Å². The topological polar surface area (TPSA) is 36.9 Å². The van der Waals surface area contributed by atoms with E-state index in [1.807, 2.05) is 48.5 Å². The van der Waals surface area contributed by atoms with Gasteiger partial charge in [0.05, 0.1) is 39.6 Å². The van der Waals surface area contributed by atoms with Gasteiger partial charge in [0.25, 0.3) is 0 Å². The van der Waals surface area contributed by atoms with E-state index >= 15 is 0 Å². The molecule has 3 aromatic carbocycles. The molecule has 0 aliphatic heterocycles. The highest BCUT2D eigenvalue weighted by atomic mass is 16.5. The van der Waals surface area contributed by atoms with Gasteiger partial charge in [-0.2, -0.15) is 0 Å². The van der Waals surface area contributed by atoms with Crippen molar-refractivity contribution in [1.29, 1.82) is 0 Å². The molecule has 0 aliphatic rings. The highest BCUT2D eigenvalue weighted by Crippen LogP contribution is 2.19. The molecule has 0 bridgehead atoms. The number of terminal acetylenes is 2. The van der Waals surface area contributed by atoms with E-state index < -0.39 is 0 Å². The summed E-state index contributed by atoms with van der Waals surface area (Å²) in [5.74, 6) is 18.6. The molecule has 0 atom stereocenters. The Morgan fingerprint density at radius 1 is 0.500 bits per heavy atom. The van der Waals surface area contributed by atoms with E-state index in [9.17, 15) is 0 Å². The van der Waals surface area contributed by atoms with Crippen LogP contribution in [0.3, 0.4) is 0 Å². The highest BCUT2D eigenvalue weighted by molar-refractivity contribution is 5.56. The summed E-state index contributed by atoms with van der Waals surface area (Å²) in [6, 6.07) is 19.6. The fourth-order valence-corrected chi connectivity index (χ4v) is 3.77. The predicted octanol–water partition coefficient (Wildman–Crippen LogP) is 4.86. The first kappa shape index (κ1) is 30.3. The molecule has 0 aliphatic carbocycles. The smallest absolute Gasteiger partial charge is 0.0700 e. The van der Waals surface area contributed by atoms with E-state index in [1.54, 1.807) is 14.2 Å². The Morgan fingerprint density at radius 3 is 1.23 bits per heavy atom. The third kappa shape index (κ3) is 10.1. The lowest BCUT2D eigenvalue weighted by molar-refractivity contribution is 0.0720. The Balaban J connectivity index is 1.97. The number of methoxy groups -OCH3 is 2. The van der Waals surface area contributed by atoms with Crippen LogP contribution in [0.4, 0.5) is 0 Å². The van der Waals surface area contributed by atoms with Gasteiger partial charge in [-0.1, -0.05) is 35.5 Å². The van der Waals surface area contributed by atoms with Gasteiger partial charge in [-0.25, -0.2) is 0 Å². The molecule has 0 N–H and O–H groups in total. The van der Waals surface area contributed by atoms with Gasteiger partial charge in [-0.05, 0) is 84.6 Å². The Kier molecular flexibility index (Phi) is 13.1. The van der Waals surface area contributed by atoms with Crippen molar-refractivity contribution in [3.63, 3.8) is 0 Å². The molecule has 0 unspecified atom stereocenters. The van der Waals surface area contributed by atoms with Gasteiger partial charge in [0.2, 0.25) is 0 Å². The molecular weight excluding hydrogens is 496 g/mol. The molecule has 0 aromatic heterocycles. The van der Waals surface area contributed by atoms with E-state index in [-0.39, 0.29) is 0 Å². The summed E-state index contributed by atoms with van der Waals surface area (Å²) < 4.78 is 21.7. The van der Waals surface area contributed by atoms with E-state index in [1.165, 1.54) is 0 Å². The van der Waals surface area contributed by atoms with Crippen molar-refractivity contribution in [1.82, 2.24) is 0 Å². The van der Waals surface area contributed by atoms with Crippen LogP contribution in [0.1, 0.15) is 44.5 Å². The summed E-state index contributed by atoms with van der Waals surface area (Å²) in [7, 11) is 3.33. The first-order valence-corrected chi connectivity index (χ1v) is 13.1. The molecule has 0 saturated carbocycles. The van der Waals surface area contributed by atoms with Crippen molar-refractivity contribution < 1.29 is 18.9 Å². The minimum Gasteiger partial charge on any atom is -0.382 e. The highest BCUT2D eigenvalue weighted by Gasteiger charge is 2.09. The van der Waals surface area contributed by atoms with Crippen LogP contribution >= 0.6 is 0 Å². The van der Waals surface area contributed by atoms with Crippen molar-refractivity contribution in [2.75, 3.05) is 53.9 Å². The van der Waals surface area contributed by atoms with Crippen molar-refractivity contribution >= 4 is 0 Å². The second kappa shape index (κ2) is 17.4. The summed E-state index contributed by atoms with van der Waals surface area (Å²) in [5.41, 5.74) is 7.45. The van der Waals surface area contributed by atoms with E-state index in [0.717, 1.165) is 44.5 Å². The summed E-state index contributed by atoms with van der Waals surface area (Å²) in [6.45, 7) is 3.28. The first-order valence-electron chi connectivity index (χ1n) is 13.1. The lowest BCUT2D eigenvalue weighted by Crippen LogP contribution is -2.08. The summed E-state index contributed by atoms with van der Waals surface area (Å²) in [6.07, 6.45) is 12.4. The van der Waals surface area contributed by atoms with Crippen LogP contribution in [0.15, 0.2) is 60.7 Å². The fraction of sp³-hybridized carbons (Fsp3) is 0.278. The van der Waals surface area contributed by atoms with Crippen LogP contribution in [0.5, 0.6) is 0 Å². The second-order valence-corrected chi connectivity index (χ2v) is 8.82. The maximum Gasteiger partial charge on any atom is 0.0700 e. The SMILES string of the molecule is C#Cc1ccc(C#Cc2cc(CCOCCOC)c(C#Cc3ccc(C#C)cc3)cc2CCOCCOC)cc1. The molecule has 0 saturated heterocycles. The average molecular weight is 531 g/mol. The quantitative estimate of drug-likeness (QED) is 0.248. The molecule has 3 aromatic rings. The third-order valence-corrected chi connectivity index (χ3v) is 6.01. The minimum absolute atomic E-state index is 0.538. The second-order valence-electron chi connectivity index (χ2n) is 8.82. The van der Waals surface area contributed by atoms with Gasteiger partial charge in [0.15, 0.2) is 0 Å². The van der Waals surface area contributed by atoms with Crippen LogP contribution in [-0.2, 0) is 31.8 Å². The number of hydrogen-bond acceptors (Lipinski definition) is 4. The summed E-state index contributed by atoms with van der Waals surface area (Å²) in [4.78, 5) is 0. The van der Waals surface area contributed by atoms with Gasteiger partial charge in [-0.3, -0.25) is 0 Å². The standard InChI is InChI=1S/C36H34O4/c1-5-29-7-11-31(12-8-29)15-17-33-27-36(20-22-40-26-24-38-4)34(28-35(33)19-21-39-25-23-37-3)18-16-32-13-9-30(6-2)10-14-32/h1-2,7-14,27-28H,19-26H2,3-4H3. The maximum absolute atomic E-state index is 5.77. The normalized spacial score (nSPS) is 10.0. The van der Waals surface area contributed by atoms with Crippen molar-refractivity contribution in [3.05, 3.63) is 105 Å². The van der Waals surface area contributed by atoms with Gasteiger partial charge in [-0.15, -0.1) is 12.8 Å². The van der Waals surface area contributed by atoms with Crippen molar-refractivity contribution in [2.24, 2.45) is 0 Å². The van der Waals surface area contributed by atoms with Crippen molar-refractivity contribution in [2.45, 2.75) is 12.8 Å². The first-order chi connectivity index (χ1) is 19.7. The minimum atomic E-state index is 0.538. The van der Waals surface area contributed by atoms with Gasteiger partial charge in [0.1, 0.15) is 0 Å². The maximum atomic E-state index is 5.77. The Morgan fingerprint density at radius 2 is 0.875 bits per heavy atom. The lowest BCUT2D eigenvalue weighted by Gasteiger charge is -2.12. The number of ether oxygens (including phenoxy) is 4. The van der Waals surface area contributed by atoms with E-state index in [2.05, 4.69) is 47.7 Å². The molecule has 3 rings (SSSR count). The van der Waals surface area contributed by atoms with Crippen molar-refractivity contribution in [3.8, 4) is 48.4 Å². The third-order valence-electron chi connectivity index (χ3n) is 6.01. The molecule has 0 heterocycles. The number of rotatable bonds is 12. The molecule has 0 amide bonds.